The van der Waals surface area contributed by atoms with Gasteiger partial charge < -0.3 is 9.97 Å². The van der Waals surface area contributed by atoms with Gasteiger partial charge in [-0.15, -0.1) is 11.3 Å². The summed E-state index contributed by atoms with van der Waals surface area (Å²) in [6.07, 6.45) is 3.28. The topological polar surface area (TPSA) is 90.6 Å². The highest BCUT2D eigenvalue weighted by atomic mass is 32.1. The Morgan fingerprint density at radius 2 is 2.00 bits per heavy atom. The summed E-state index contributed by atoms with van der Waals surface area (Å²) >= 11 is 1.30. The van der Waals surface area contributed by atoms with E-state index in [0.29, 0.717) is 5.13 Å². The summed E-state index contributed by atoms with van der Waals surface area (Å²) in [5.41, 5.74) is 1.26. The molecule has 0 fully saturated rings. The van der Waals surface area contributed by atoms with Crippen LogP contribution < -0.4 is 10.9 Å². The molecule has 1 amide bonds. The third-order valence-corrected chi connectivity index (χ3v) is 3.42. The normalized spacial score (nSPS) is 10.4. The first-order chi connectivity index (χ1) is 9.74. The lowest BCUT2D eigenvalue weighted by Crippen LogP contribution is -2.22. The van der Waals surface area contributed by atoms with E-state index >= 15 is 0 Å². The fourth-order valence-electron chi connectivity index (χ4n) is 1.71. The van der Waals surface area contributed by atoms with E-state index in [-0.39, 0.29) is 5.56 Å². The van der Waals surface area contributed by atoms with Crippen molar-refractivity contribution in [2.24, 2.45) is 0 Å². The van der Waals surface area contributed by atoms with E-state index in [4.69, 9.17) is 0 Å². The van der Waals surface area contributed by atoms with Crippen molar-refractivity contribution < 1.29 is 4.79 Å². The molecule has 3 heterocycles. The van der Waals surface area contributed by atoms with Gasteiger partial charge in [-0.25, -0.2) is 4.98 Å². The van der Waals surface area contributed by atoms with Gasteiger partial charge in [-0.05, 0) is 24.3 Å². The van der Waals surface area contributed by atoms with E-state index in [1.54, 1.807) is 12.3 Å². The van der Waals surface area contributed by atoms with Gasteiger partial charge in [-0.1, -0.05) is 0 Å². The molecule has 0 atom stereocenters. The zero-order valence-electron chi connectivity index (χ0n) is 10.2. The lowest BCUT2D eigenvalue weighted by atomic mass is 10.2. The van der Waals surface area contributed by atoms with Crippen LogP contribution in [-0.2, 0) is 0 Å². The maximum atomic E-state index is 12.0. The van der Waals surface area contributed by atoms with Crippen molar-refractivity contribution in [3.63, 3.8) is 0 Å². The molecule has 0 spiro atoms. The van der Waals surface area contributed by atoms with Crippen LogP contribution in [0.25, 0.3) is 11.4 Å². The van der Waals surface area contributed by atoms with Gasteiger partial charge in [0.25, 0.3) is 11.5 Å². The van der Waals surface area contributed by atoms with E-state index in [2.05, 4.69) is 20.3 Å². The van der Waals surface area contributed by atoms with Gasteiger partial charge in [0.05, 0.1) is 11.4 Å². The van der Waals surface area contributed by atoms with Crippen molar-refractivity contribution in [2.45, 2.75) is 0 Å². The maximum absolute atomic E-state index is 12.0. The van der Waals surface area contributed by atoms with Gasteiger partial charge in [-0.3, -0.25) is 14.9 Å². The van der Waals surface area contributed by atoms with Crippen molar-refractivity contribution in [1.29, 1.82) is 0 Å². The Hall–Kier alpha value is -2.67. The minimum Gasteiger partial charge on any atom is -0.360 e. The number of H-pyrrole nitrogens is 2. The van der Waals surface area contributed by atoms with Gasteiger partial charge in [0.15, 0.2) is 5.13 Å². The van der Waals surface area contributed by atoms with Crippen LogP contribution in [0.3, 0.4) is 0 Å². The minimum absolute atomic E-state index is 0.0594. The molecular weight excluding hydrogens is 276 g/mol. The van der Waals surface area contributed by atoms with Crippen LogP contribution in [0.1, 0.15) is 10.4 Å². The average molecular weight is 286 g/mol. The molecule has 20 heavy (non-hydrogen) atoms. The molecule has 0 radical (unpaired) electrons. The number of aromatic amines is 2. The van der Waals surface area contributed by atoms with Crippen molar-refractivity contribution in [3.8, 4) is 11.4 Å². The van der Waals surface area contributed by atoms with E-state index in [0.717, 1.165) is 11.4 Å². The summed E-state index contributed by atoms with van der Waals surface area (Å²) in [6.45, 7) is 0. The van der Waals surface area contributed by atoms with Crippen molar-refractivity contribution >= 4 is 22.4 Å². The molecule has 0 unspecified atom stereocenters. The highest BCUT2D eigenvalue weighted by molar-refractivity contribution is 7.14. The quantitative estimate of drug-likeness (QED) is 0.688. The van der Waals surface area contributed by atoms with Crippen molar-refractivity contribution in [3.05, 3.63) is 58.0 Å². The third-order valence-electron chi connectivity index (χ3n) is 2.66. The summed E-state index contributed by atoms with van der Waals surface area (Å²) in [7, 11) is 0. The zero-order valence-corrected chi connectivity index (χ0v) is 11.0. The number of hydrogen-bond acceptors (Lipinski definition) is 4. The molecule has 0 saturated carbocycles. The van der Waals surface area contributed by atoms with Crippen molar-refractivity contribution in [2.75, 3.05) is 5.32 Å². The largest absolute Gasteiger partial charge is 0.360 e. The number of carbonyl (C=O) groups excluding carboxylic acids is 1. The van der Waals surface area contributed by atoms with Crippen LogP contribution in [0.2, 0.25) is 0 Å². The van der Waals surface area contributed by atoms with Gasteiger partial charge in [0.2, 0.25) is 0 Å². The van der Waals surface area contributed by atoms with Crippen LogP contribution >= 0.6 is 11.3 Å². The first-order valence-electron chi connectivity index (χ1n) is 5.82. The Morgan fingerprint density at radius 1 is 1.20 bits per heavy atom. The molecule has 0 bridgehead atoms. The smallest absolute Gasteiger partial charge is 0.263 e. The number of rotatable bonds is 3. The molecular formula is C13H10N4O2S. The molecule has 0 aromatic carbocycles. The van der Waals surface area contributed by atoms with E-state index in [9.17, 15) is 9.59 Å². The Bertz CT molecular complexity index is 789. The van der Waals surface area contributed by atoms with Gasteiger partial charge in [-0.2, -0.15) is 0 Å². The molecule has 3 aromatic rings. The molecule has 0 aliphatic heterocycles. The second kappa shape index (κ2) is 5.14. The first-order valence-corrected chi connectivity index (χ1v) is 6.70. The summed E-state index contributed by atoms with van der Waals surface area (Å²) in [6, 6.07) is 6.83. The Kier molecular flexibility index (Phi) is 3.18. The number of thiazole rings is 1. The number of hydrogen-bond donors (Lipinski definition) is 3. The predicted octanol–water partition coefficient (Wildman–Crippen LogP) is 2.08. The highest BCUT2D eigenvalue weighted by Crippen LogP contribution is 2.23. The summed E-state index contributed by atoms with van der Waals surface area (Å²) < 4.78 is 0. The number of anilines is 1. The molecule has 3 N–H and O–H groups in total. The highest BCUT2D eigenvalue weighted by Gasteiger charge is 2.12. The second-order valence-corrected chi connectivity index (χ2v) is 4.85. The van der Waals surface area contributed by atoms with Crippen LogP contribution in [0, 0.1) is 0 Å². The fraction of sp³-hybridized carbons (Fsp3) is 0. The molecule has 100 valence electrons. The summed E-state index contributed by atoms with van der Waals surface area (Å²) in [4.78, 5) is 33.2. The number of pyridine rings is 1. The summed E-state index contributed by atoms with van der Waals surface area (Å²) in [5.74, 6) is -0.473. The Morgan fingerprint density at radius 3 is 2.75 bits per heavy atom. The maximum Gasteiger partial charge on any atom is 0.263 e. The molecule has 0 aliphatic carbocycles. The molecule has 0 saturated heterocycles. The van der Waals surface area contributed by atoms with Crippen molar-refractivity contribution in [1.82, 2.24) is 15.0 Å². The van der Waals surface area contributed by atoms with Crippen LogP contribution in [0.5, 0.6) is 0 Å². The lowest BCUT2D eigenvalue weighted by Gasteiger charge is -1.99. The molecule has 6 nitrogen and oxygen atoms in total. The summed E-state index contributed by atoms with van der Waals surface area (Å²) in [5, 5.41) is 4.89. The van der Waals surface area contributed by atoms with Crippen LogP contribution in [0.15, 0.2) is 46.8 Å². The molecule has 0 aliphatic rings. The Balaban J connectivity index is 1.81. The number of aromatic nitrogens is 3. The van der Waals surface area contributed by atoms with E-state index in [1.807, 2.05) is 17.5 Å². The van der Waals surface area contributed by atoms with Gasteiger partial charge >= 0.3 is 0 Å². The van der Waals surface area contributed by atoms with Crippen LogP contribution in [-0.4, -0.2) is 20.9 Å². The number of amides is 1. The monoisotopic (exact) mass is 286 g/mol. The number of carbonyl (C=O) groups is 1. The third kappa shape index (κ3) is 2.39. The molecule has 7 heteroatoms. The first kappa shape index (κ1) is 12.4. The van der Waals surface area contributed by atoms with Gasteiger partial charge in [0, 0.05) is 17.8 Å². The Labute approximate surface area is 117 Å². The number of nitrogens with one attached hydrogen (secondary N) is 3. The lowest BCUT2D eigenvalue weighted by molar-refractivity contribution is 0.102. The van der Waals surface area contributed by atoms with E-state index in [1.165, 1.54) is 23.6 Å². The second-order valence-electron chi connectivity index (χ2n) is 3.99. The number of nitrogens with zero attached hydrogens (tertiary/aromatic N) is 1. The fourth-order valence-corrected chi connectivity index (χ4v) is 2.41. The molecule has 3 rings (SSSR count). The minimum atomic E-state index is -0.473. The van der Waals surface area contributed by atoms with Gasteiger partial charge in [0.1, 0.15) is 5.56 Å². The standard InChI is InChI=1S/C13H10N4O2S/c18-11-8(3-1-6-15-11)12(19)17-13-16-10(7-20-13)9-4-2-5-14-9/h1-7,14H,(H,15,18)(H,16,17,19). The molecule has 3 aromatic heterocycles. The predicted molar refractivity (Wildman–Crippen MR) is 76.9 cm³/mol. The van der Waals surface area contributed by atoms with E-state index < -0.39 is 11.5 Å². The SMILES string of the molecule is O=C(Nc1nc(-c2ccc[nH]2)cs1)c1ccc[nH]c1=O. The zero-order chi connectivity index (χ0) is 13.9. The average Bonchev–Trinajstić information content (AvgIpc) is 3.09. The van der Waals surface area contributed by atoms with Crippen LogP contribution in [0.4, 0.5) is 5.13 Å².